The Morgan fingerprint density at radius 1 is 0.438 bits per heavy atom. The number of guanidine groups is 1. The van der Waals surface area contributed by atoms with Gasteiger partial charge in [0.15, 0.2) is 11.7 Å². The topological polar surface area (TPSA) is 867 Å². The minimum absolute atomic E-state index is 0.0416. The minimum atomic E-state index is -2.12. The Labute approximate surface area is 837 Å². The fourth-order valence-corrected chi connectivity index (χ4v) is 16.5. The van der Waals surface area contributed by atoms with Gasteiger partial charge in [-0.2, -0.15) is 0 Å². The zero-order valence-electron chi connectivity index (χ0n) is 80.8. The van der Waals surface area contributed by atoms with E-state index in [9.17, 15) is 152 Å². The molecule has 4 saturated heterocycles. The van der Waals surface area contributed by atoms with E-state index in [2.05, 4.69) is 58.5 Å². The van der Waals surface area contributed by atoms with Gasteiger partial charge in [0, 0.05) is 83.8 Å². The van der Waals surface area contributed by atoms with E-state index in [1.165, 1.54) is 42.5 Å². The number of ketones is 1. The summed E-state index contributed by atoms with van der Waals surface area (Å²) in [5.41, 5.74) is 16.5. The number of aromatic hydroxyl groups is 1. The average molecular weight is 2080 g/mol. The molecule has 16 amide bonds. The number of primary amides is 2. The zero-order valence-corrected chi connectivity index (χ0v) is 80.8. The molecule has 4 aliphatic heterocycles. The van der Waals surface area contributed by atoms with Gasteiger partial charge >= 0.3 is 17.9 Å². The van der Waals surface area contributed by atoms with Gasteiger partial charge in [0.05, 0.1) is 130 Å². The standard InChI is InChI=1S/C90H137N19O37/c1-2-141-26-27-143-30-31-145-34-35-146-33-32-144-29-28-142-25-21-72(120)96-57(18-20-73(121)122)79(130)97-56(6-3-22-95-90(93)94)78(129)100-61(42-75(125)126)87(138)107-24-5-8-67(107)83(134)99-59(37-50-11-15-53(115)16-12-50)81(132)105-65(48-113)89(140)109-44-55(117)40-69(109)85(136)103-63(46-111)82(133)98-58(17-19-71(91)119)80(131)101-60(41-74(123)124)86(137)106-23-4-7-66(106)70(118)38-51(36-49-9-13-52(114)14-10-49)77(128)104-64(47-112)88(139)108-43-54(116)39-68(108)84(135)102-62(45-110)76(92)127/h9-11,13-16,50-51,54-69,110-117H,2-8,12,17-48H2,1H3,(H2,91,119)(H2,92,127)(H,96,120)(H,97,130)(H,98,133)(H,99,134)(H,100,129)(H,101,131)(H,102,135)(H,103,136)(H,104,128)(H,105,132)(H,121,122)(H,123,124)(H,125,126)(H4,93,94,95). The molecule has 0 spiro atoms. The first-order valence-electron chi connectivity index (χ1n) is 47.7. The lowest BCUT2D eigenvalue weighted by molar-refractivity contribution is -0.146. The van der Waals surface area contributed by atoms with Gasteiger partial charge in [-0.3, -0.25) is 101 Å². The Kier molecular flexibility index (Phi) is 52.5. The number of allylic oxidation sites excluding steroid dienone is 3. The van der Waals surface area contributed by atoms with Crippen molar-refractivity contribution in [3.8, 4) is 5.75 Å². The van der Waals surface area contributed by atoms with Gasteiger partial charge in [0.25, 0.3) is 0 Å². The summed E-state index contributed by atoms with van der Waals surface area (Å²) in [6.07, 6.45) is -7.01. The summed E-state index contributed by atoms with van der Waals surface area (Å²) >= 11 is 0. The Balaban J connectivity index is 1.11. The number of β-amino-alcohol motifs (C(OH)–C–C–N with tert-alkyl or cyclic N) is 2. The van der Waals surface area contributed by atoms with E-state index in [0.29, 0.717) is 56.7 Å². The highest BCUT2D eigenvalue weighted by Crippen LogP contribution is 2.29. The third-order valence-corrected chi connectivity index (χ3v) is 24.1. The van der Waals surface area contributed by atoms with Gasteiger partial charge < -0.3 is 180 Å². The number of nitrogens with two attached hydrogens (primary N) is 3. The largest absolute Gasteiger partial charge is 0.508 e. The summed E-state index contributed by atoms with van der Waals surface area (Å²) in [5.74, 6) is -27.1. The number of aliphatic hydroxyl groups excluding tert-OH is 7. The quantitative estimate of drug-likeness (QED) is 0.0164. The number of rotatable bonds is 68. The number of carbonyl (C=O) groups is 20. The molecule has 6 rings (SSSR count). The summed E-state index contributed by atoms with van der Waals surface area (Å²) < 4.78 is 32.4. The molecule has 1 aromatic carbocycles. The number of benzene rings is 1. The summed E-state index contributed by atoms with van der Waals surface area (Å²) in [6, 6.07) is -19.8. The van der Waals surface area contributed by atoms with Gasteiger partial charge in [-0.1, -0.05) is 18.2 Å². The number of phenolic OH excluding ortho intramolecular Hbond substituents is 1. The number of ether oxygens (including phenoxy) is 6. The van der Waals surface area contributed by atoms with Gasteiger partial charge in [-0.05, 0) is 113 Å². The zero-order chi connectivity index (χ0) is 108. The highest BCUT2D eigenvalue weighted by molar-refractivity contribution is 6.02. The van der Waals surface area contributed by atoms with Crippen molar-refractivity contribution in [3.63, 3.8) is 0 Å². The number of likely N-dealkylation sites (tertiary alicyclic amines) is 4. The van der Waals surface area contributed by atoms with E-state index >= 15 is 0 Å². The highest BCUT2D eigenvalue weighted by atomic mass is 16.6. The number of carboxylic acid groups (broad SMARTS) is 3. The van der Waals surface area contributed by atoms with Crippen LogP contribution in [0.2, 0.25) is 0 Å². The number of hydrogen-bond donors (Lipinski definition) is 26. The van der Waals surface area contributed by atoms with Crippen molar-refractivity contribution in [1.29, 1.82) is 5.41 Å². The maximum atomic E-state index is 14.8. The number of aliphatic carboxylic acids is 3. The lowest BCUT2D eigenvalue weighted by Crippen LogP contribution is -2.61. The second kappa shape index (κ2) is 63.2. The van der Waals surface area contributed by atoms with Crippen LogP contribution in [0.25, 0.3) is 0 Å². The van der Waals surface area contributed by atoms with Crippen molar-refractivity contribution in [2.75, 3.05) is 138 Å². The van der Waals surface area contributed by atoms with Gasteiger partial charge in [0.1, 0.15) is 90.1 Å². The molecule has 0 saturated carbocycles. The number of Topliss-reactive ketones (excluding diaryl/α,β-unsaturated/α-hetero) is 1. The summed E-state index contributed by atoms with van der Waals surface area (Å²) in [5, 5.41) is 147. The Hall–Kier alpha value is -13.3. The van der Waals surface area contributed by atoms with E-state index in [4.69, 9.17) is 51.0 Å². The second-order valence-electron chi connectivity index (χ2n) is 35.1. The minimum Gasteiger partial charge on any atom is -0.508 e. The van der Waals surface area contributed by atoms with Crippen LogP contribution < -0.4 is 75.7 Å². The lowest BCUT2D eigenvalue weighted by atomic mass is 9.90. The molecule has 18 atom stereocenters. The molecule has 146 heavy (non-hydrogen) atoms. The number of aliphatic hydroxyl groups is 7. The van der Waals surface area contributed by atoms with E-state index < -0.39 is 330 Å². The van der Waals surface area contributed by atoms with E-state index in [1.807, 2.05) is 6.92 Å². The lowest BCUT2D eigenvalue weighted by Gasteiger charge is -2.32. The molecule has 814 valence electrons. The number of carbonyl (C=O) groups excluding carboxylic acids is 17. The van der Waals surface area contributed by atoms with Gasteiger partial charge in [0.2, 0.25) is 94.5 Å². The van der Waals surface area contributed by atoms with Crippen molar-refractivity contribution in [1.82, 2.24) is 78.1 Å². The van der Waals surface area contributed by atoms with Crippen LogP contribution >= 0.6 is 0 Å². The predicted octanol–water partition coefficient (Wildman–Crippen LogP) is -11.0. The summed E-state index contributed by atoms with van der Waals surface area (Å²) in [4.78, 5) is 279. The van der Waals surface area contributed by atoms with Crippen LogP contribution in [-0.2, 0) is 131 Å². The fourth-order valence-electron chi connectivity index (χ4n) is 16.5. The molecule has 0 bridgehead atoms. The molecule has 18 unspecified atom stereocenters. The highest BCUT2D eigenvalue weighted by Gasteiger charge is 2.48. The molecule has 1 aromatic rings. The van der Waals surface area contributed by atoms with Crippen LogP contribution in [0.1, 0.15) is 128 Å². The van der Waals surface area contributed by atoms with Crippen molar-refractivity contribution < 1.29 is 180 Å². The molecule has 56 heteroatoms. The third kappa shape index (κ3) is 40.9. The van der Waals surface area contributed by atoms with Crippen molar-refractivity contribution in [2.45, 2.75) is 226 Å². The fraction of sp³-hybridized carbons (Fsp3) is 0.656. The van der Waals surface area contributed by atoms with Crippen LogP contribution in [-0.4, -0.2) is 435 Å². The van der Waals surface area contributed by atoms with E-state index in [1.54, 1.807) is 0 Å². The van der Waals surface area contributed by atoms with Crippen LogP contribution in [0.3, 0.4) is 0 Å². The Morgan fingerprint density at radius 2 is 0.849 bits per heavy atom. The number of nitrogens with zero attached hydrogens (tertiary/aromatic N) is 4. The molecule has 0 radical (unpaired) electrons. The molecule has 1 aliphatic carbocycles. The Morgan fingerprint density at radius 3 is 1.31 bits per heavy atom. The predicted molar refractivity (Wildman–Crippen MR) is 500 cm³/mol. The van der Waals surface area contributed by atoms with E-state index in [-0.39, 0.29) is 128 Å². The van der Waals surface area contributed by atoms with Gasteiger partial charge in [-0.25, -0.2) is 0 Å². The number of carboxylic acids is 3. The molecule has 0 aromatic heterocycles. The van der Waals surface area contributed by atoms with Crippen molar-refractivity contribution >= 4 is 124 Å². The molecule has 5 aliphatic rings. The number of hydrogen-bond acceptors (Lipinski definition) is 35. The molecule has 56 nitrogen and oxygen atoms in total. The summed E-state index contributed by atoms with van der Waals surface area (Å²) in [7, 11) is 0. The van der Waals surface area contributed by atoms with Crippen molar-refractivity contribution in [3.05, 3.63) is 53.8 Å². The second-order valence-corrected chi connectivity index (χ2v) is 35.1. The van der Waals surface area contributed by atoms with Gasteiger partial charge in [-0.15, -0.1) is 0 Å². The molecular weight excluding hydrogens is 1940 g/mol. The molecular formula is C90H137N19O37. The number of amides is 16. The van der Waals surface area contributed by atoms with Crippen LogP contribution in [0, 0.1) is 17.2 Å². The van der Waals surface area contributed by atoms with Crippen LogP contribution in [0.4, 0.5) is 0 Å². The maximum absolute atomic E-state index is 14.8. The van der Waals surface area contributed by atoms with Crippen molar-refractivity contribution in [2.24, 2.45) is 29.0 Å². The number of nitrogens with one attached hydrogen (secondary N) is 12. The monoisotopic (exact) mass is 2080 g/mol. The first-order valence-corrected chi connectivity index (χ1v) is 47.7. The number of phenols is 1. The van der Waals surface area contributed by atoms with E-state index in [0.717, 1.165) is 14.7 Å². The van der Waals surface area contributed by atoms with Crippen LogP contribution in [0.5, 0.6) is 5.75 Å². The molecule has 4 fully saturated rings. The summed E-state index contributed by atoms with van der Waals surface area (Å²) in [6.45, 7) is -1.20. The molecule has 29 N–H and O–H groups in total. The average Bonchev–Trinajstić information content (AvgIpc) is 1.66. The molecule has 4 heterocycles. The van der Waals surface area contributed by atoms with Crippen LogP contribution in [0.15, 0.2) is 48.3 Å². The first kappa shape index (κ1) is 121. The normalized spacial score (nSPS) is 19.7. The third-order valence-electron chi connectivity index (χ3n) is 24.1. The first-order chi connectivity index (χ1) is 69.5. The maximum Gasteiger partial charge on any atom is 0.305 e. The SMILES string of the molecule is CCOCCOCCOCCOCCOCCOCCC(=O)NC(CCC(=O)O)C(=O)NC(CCCNC(=N)N)C(=O)NC(CC(=O)O)C(=O)N1CCCC1C(=O)NC(CC1C=CC(O)=CC1)C(=O)NC(CO)C(=O)N1CC(O)CC1C(=O)NC(CO)C(=O)NC(CCC(N)=O)C(=O)NC(CC(=O)O)C(=O)N1CCCC1C(=O)CC(Cc1ccc(O)cc1)C(=O)NC(CO)C(=O)N1CC(O)CC1C(=O)NC(CO)C(N)=O. The Bertz CT molecular complexity index is 4690. The smallest absolute Gasteiger partial charge is 0.305 e.